The highest BCUT2D eigenvalue weighted by Crippen LogP contribution is 2.15. The molecule has 1 aromatic rings. The first-order valence-corrected chi connectivity index (χ1v) is 6.32. The van der Waals surface area contributed by atoms with Crippen molar-refractivity contribution in [2.45, 2.75) is 19.8 Å². The topological polar surface area (TPSA) is 28.2 Å². The zero-order chi connectivity index (χ0) is 12.1. The van der Waals surface area contributed by atoms with E-state index in [1.165, 1.54) is 38.2 Å². The molecule has 0 amide bonds. The summed E-state index contributed by atoms with van der Waals surface area (Å²) >= 11 is 0. The lowest BCUT2D eigenvalue weighted by Gasteiger charge is -2.30. The SMILES string of the molecule is CC1CCN(CCNc2ccc(F)cn2)CC1. The van der Waals surface area contributed by atoms with E-state index in [-0.39, 0.29) is 5.82 Å². The first-order valence-electron chi connectivity index (χ1n) is 6.32. The lowest BCUT2D eigenvalue weighted by atomic mass is 9.99. The summed E-state index contributed by atoms with van der Waals surface area (Å²) in [4.78, 5) is 6.44. The minimum Gasteiger partial charge on any atom is -0.369 e. The molecule has 0 saturated carbocycles. The van der Waals surface area contributed by atoms with Crippen LogP contribution in [0.3, 0.4) is 0 Å². The number of likely N-dealkylation sites (tertiary alicyclic amines) is 1. The highest BCUT2D eigenvalue weighted by molar-refractivity contribution is 5.33. The maximum absolute atomic E-state index is 12.6. The van der Waals surface area contributed by atoms with Crippen molar-refractivity contribution < 1.29 is 4.39 Å². The zero-order valence-corrected chi connectivity index (χ0v) is 10.3. The van der Waals surface area contributed by atoms with Crippen LogP contribution in [0.1, 0.15) is 19.8 Å². The van der Waals surface area contributed by atoms with E-state index in [9.17, 15) is 4.39 Å². The van der Waals surface area contributed by atoms with Crippen LogP contribution in [0, 0.1) is 11.7 Å². The average molecular weight is 237 g/mol. The van der Waals surface area contributed by atoms with Gasteiger partial charge in [-0.25, -0.2) is 9.37 Å². The monoisotopic (exact) mass is 237 g/mol. The van der Waals surface area contributed by atoms with Gasteiger partial charge in [-0.15, -0.1) is 0 Å². The van der Waals surface area contributed by atoms with E-state index in [1.807, 2.05) is 0 Å². The van der Waals surface area contributed by atoms with Gasteiger partial charge < -0.3 is 10.2 Å². The number of halogens is 1. The molecule has 1 aliphatic heterocycles. The molecule has 0 atom stereocenters. The van der Waals surface area contributed by atoms with Gasteiger partial charge in [0.05, 0.1) is 6.20 Å². The second-order valence-electron chi connectivity index (χ2n) is 4.81. The molecule has 0 unspecified atom stereocenters. The van der Waals surface area contributed by atoms with Crippen LogP contribution in [-0.2, 0) is 0 Å². The molecule has 3 nitrogen and oxygen atoms in total. The molecule has 1 fully saturated rings. The smallest absolute Gasteiger partial charge is 0.141 e. The number of hydrogen-bond donors (Lipinski definition) is 1. The average Bonchev–Trinajstić information content (AvgIpc) is 2.34. The van der Waals surface area contributed by atoms with E-state index >= 15 is 0 Å². The Balaban J connectivity index is 1.67. The van der Waals surface area contributed by atoms with Crippen LogP contribution in [-0.4, -0.2) is 36.1 Å². The Morgan fingerprint density at radius 3 is 2.82 bits per heavy atom. The second-order valence-corrected chi connectivity index (χ2v) is 4.81. The number of piperidine rings is 1. The molecular formula is C13H20FN3. The van der Waals surface area contributed by atoms with Gasteiger partial charge in [0.25, 0.3) is 0 Å². The van der Waals surface area contributed by atoms with Gasteiger partial charge in [-0.1, -0.05) is 6.92 Å². The zero-order valence-electron chi connectivity index (χ0n) is 10.3. The second kappa shape index (κ2) is 5.96. The van der Waals surface area contributed by atoms with Gasteiger partial charge in [0.15, 0.2) is 0 Å². The molecule has 1 aliphatic rings. The summed E-state index contributed by atoms with van der Waals surface area (Å²) in [6.07, 6.45) is 3.84. The number of nitrogens with one attached hydrogen (secondary N) is 1. The molecule has 0 bridgehead atoms. The van der Waals surface area contributed by atoms with Crippen LogP contribution < -0.4 is 5.32 Å². The van der Waals surface area contributed by atoms with Crippen LogP contribution in [0.2, 0.25) is 0 Å². The molecule has 1 aromatic heterocycles. The quantitative estimate of drug-likeness (QED) is 0.871. The third-order valence-electron chi connectivity index (χ3n) is 3.34. The van der Waals surface area contributed by atoms with Crippen molar-refractivity contribution in [3.05, 3.63) is 24.1 Å². The normalized spacial score (nSPS) is 18.2. The van der Waals surface area contributed by atoms with Crippen molar-refractivity contribution in [1.82, 2.24) is 9.88 Å². The Morgan fingerprint density at radius 1 is 1.41 bits per heavy atom. The number of aromatic nitrogens is 1. The van der Waals surface area contributed by atoms with Gasteiger partial charge in [0, 0.05) is 13.1 Å². The summed E-state index contributed by atoms with van der Waals surface area (Å²) in [5.74, 6) is 1.33. The molecule has 2 rings (SSSR count). The van der Waals surface area contributed by atoms with E-state index < -0.39 is 0 Å². The fourth-order valence-corrected chi connectivity index (χ4v) is 2.11. The Kier molecular flexibility index (Phi) is 4.31. The van der Waals surface area contributed by atoms with Crippen molar-refractivity contribution in [2.75, 3.05) is 31.5 Å². The van der Waals surface area contributed by atoms with Crippen molar-refractivity contribution in [3.8, 4) is 0 Å². The van der Waals surface area contributed by atoms with Crippen LogP contribution in [0.4, 0.5) is 10.2 Å². The molecule has 94 valence electrons. The first kappa shape index (κ1) is 12.3. The van der Waals surface area contributed by atoms with E-state index in [0.717, 1.165) is 24.8 Å². The Labute approximate surface area is 102 Å². The molecule has 1 saturated heterocycles. The largest absolute Gasteiger partial charge is 0.369 e. The van der Waals surface area contributed by atoms with Gasteiger partial charge in [-0.05, 0) is 44.0 Å². The van der Waals surface area contributed by atoms with Gasteiger partial charge in [-0.2, -0.15) is 0 Å². The standard InChI is InChI=1S/C13H20FN3/c1-11-4-7-17(8-5-11)9-6-15-13-3-2-12(14)10-16-13/h2-3,10-11H,4-9H2,1H3,(H,15,16). The van der Waals surface area contributed by atoms with Crippen molar-refractivity contribution in [2.24, 2.45) is 5.92 Å². The van der Waals surface area contributed by atoms with E-state index in [0.29, 0.717) is 0 Å². The van der Waals surface area contributed by atoms with Gasteiger partial charge in [0.1, 0.15) is 11.6 Å². The number of nitrogens with zero attached hydrogens (tertiary/aromatic N) is 2. The summed E-state index contributed by atoms with van der Waals surface area (Å²) in [5, 5.41) is 3.21. The predicted molar refractivity (Wildman–Crippen MR) is 67.5 cm³/mol. The van der Waals surface area contributed by atoms with Crippen LogP contribution in [0.15, 0.2) is 18.3 Å². The number of anilines is 1. The van der Waals surface area contributed by atoms with Crippen LogP contribution in [0.25, 0.3) is 0 Å². The summed E-state index contributed by atoms with van der Waals surface area (Å²) in [5.41, 5.74) is 0. The molecule has 17 heavy (non-hydrogen) atoms. The minimum absolute atomic E-state index is 0.291. The lowest BCUT2D eigenvalue weighted by Crippen LogP contribution is -2.36. The molecule has 1 N–H and O–H groups in total. The fraction of sp³-hybridized carbons (Fsp3) is 0.615. The predicted octanol–water partition coefficient (Wildman–Crippen LogP) is 2.36. The van der Waals surface area contributed by atoms with Crippen molar-refractivity contribution in [1.29, 1.82) is 0 Å². The summed E-state index contributed by atoms with van der Waals surface area (Å²) < 4.78 is 12.6. The van der Waals surface area contributed by atoms with Gasteiger partial charge in [-0.3, -0.25) is 0 Å². The summed E-state index contributed by atoms with van der Waals surface area (Å²) in [6.45, 7) is 6.61. The van der Waals surface area contributed by atoms with Crippen molar-refractivity contribution >= 4 is 5.82 Å². The highest BCUT2D eigenvalue weighted by atomic mass is 19.1. The Bertz CT molecular complexity index is 331. The van der Waals surface area contributed by atoms with Crippen LogP contribution >= 0.6 is 0 Å². The molecule has 2 heterocycles. The third-order valence-corrected chi connectivity index (χ3v) is 3.34. The van der Waals surface area contributed by atoms with Gasteiger partial charge >= 0.3 is 0 Å². The third kappa shape index (κ3) is 3.97. The maximum atomic E-state index is 12.6. The van der Waals surface area contributed by atoms with E-state index in [4.69, 9.17) is 0 Å². The fourth-order valence-electron chi connectivity index (χ4n) is 2.11. The van der Waals surface area contributed by atoms with Crippen molar-refractivity contribution in [3.63, 3.8) is 0 Å². The van der Waals surface area contributed by atoms with Crippen LogP contribution in [0.5, 0.6) is 0 Å². The maximum Gasteiger partial charge on any atom is 0.141 e. The minimum atomic E-state index is -0.291. The van der Waals surface area contributed by atoms with Gasteiger partial charge in [0.2, 0.25) is 0 Å². The lowest BCUT2D eigenvalue weighted by molar-refractivity contribution is 0.199. The van der Waals surface area contributed by atoms with E-state index in [1.54, 1.807) is 6.07 Å². The summed E-state index contributed by atoms with van der Waals surface area (Å²) in [6, 6.07) is 3.10. The molecule has 4 heteroatoms. The number of hydrogen-bond acceptors (Lipinski definition) is 3. The number of rotatable bonds is 4. The number of pyridine rings is 1. The molecule has 0 spiro atoms. The molecule has 0 radical (unpaired) electrons. The molecular weight excluding hydrogens is 217 g/mol. The Hall–Kier alpha value is -1.16. The van der Waals surface area contributed by atoms with E-state index in [2.05, 4.69) is 22.1 Å². The molecule has 0 aromatic carbocycles. The summed E-state index contributed by atoms with van der Waals surface area (Å²) in [7, 11) is 0. The Morgan fingerprint density at radius 2 is 2.18 bits per heavy atom. The molecule has 0 aliphatic carbocycles. The first-order chi connectivity index (χ1) is 8.24. The highest BCUT2D eigenvalue weighted by Gasteiger charge is 2.14.